The van der Waals surface area contributed by atoms with E-state index in [-0.39, 0.29) is 11.5 Å². The SMILES string of the molecule is C=NC(=C)Cc1ccc(N=C)c(F)c1. The first-order valence-electron chi connectivity index (χ1n) is 4.07. The number of aliphatic imine (C=N–C) groups is 2. The fraction of sp³-hybridized carbons (Fsp3) is 0.0909. The molecule has 72 valence electrons. The lowest BCUT2D eigenvalue weighted by Crippen LogP contribution is -1.88. The van der Waals surface area contributed by atoms with Crippen LogP contribution >= 0.6 is 0 Å². The summed E-state index contributed by atoms with van der Waals surface area (Å²) in [5.74, 6) is -0.380. The molecule has 0 bridgehead atoms. The predicted octanol–water partition coefficient (Wildman–Crippen LogP) is 2.91. The Labute approximate surface area is 82.5 Å². The fourth-order valence-electron chi connectivity index (χ4n) is 1.08. The minimum Gasteiger partial charge on any atom is -0.269 e. The number of hydrogen-bond donors (Lipinski definition) is 0. The number of hydrogen-bond acceptors (Lipinski definition) is 2. The van der Waals surface area contributed by atoms with E-state index in [1.165, 1.54) is 6.07 Å². The summed E-state index contributed by atoms with van der Waals surface area (Å²) < 4.78 is 13.2. The van der Waals surface area contributed by atoms with Crippen molar-refractivity contribution in [1.82, 2.24) is 0 Å². The van der Waals surface area contributed by atoms with Crippen molar-refractivity contribution in [3.8, 4) is 0 Å². The van der Waals surface area contributed by atoms with E-state index in [9.17, 15) is 4.39 Å². The zero-order chi connectivity index (χ0) is 10.6. The minimum absolute atomic E-state index is 0.255. The summed E-state index contributed by atoms with van der Waals surface area (Å²) in [6.07, 6.45) is 0.498. The summed E-state index contributed by atoms with van der Waals surface area (Å²) in [6, 6.07) is 4.75. The molecule has 0 aromatic heterocycles. The van der Waals surface area contributed by atoms with Crippen LogP contribution in [-0.4, -0.2) is 13.4 Å². The molecule has 14 heavy (non-hydrogen) atoms. The maximum atomic E-state index is 13.2. The van der Waals surface area contributed by atoms with Crippen LogP contribution in [-0.2, 0) is 6.42 Å². The summed E-state index contributed by atoms with van der Waals surface area (Å²) in [4.78, 5) is 7.18. The molecule has 0 unspecified atom stereocenters. The molecule has 0 aliphatic carbocycles. The Morgan fingerprint density at radius 1 is 1.36 bits per heavy atom. The van der Waals surface area contributed by atoms with E-state index < -0.39 is 0 Å². The second-order valence-electron chi connectivity index (χ2n) is 2.84. The van der Waals surface area contributed by atoms with Gasteiger partial charge in [-0.15, -0.1) is 0 Å². The molecule has 1 rings (SSSR count). The van der Waals surface area contributed by atoms with Crippen molar-refractivity contribution in [2.45, 2.75) is 6.42 Å². The Bertz CT molecular complexity index is 383. The normalized spacial score (nSPS) is 9.50. The van der Waals surface area contributed by atoms with Gasteiger partial charge in [0.15, 0.2) is 0 Å². The van der Waals surface area contributed by atoms with Gasteiger partial charge in [0.05, 0.1) is 5.69 Å². The van der Waals surface area contributed by atoms with Crippen LogP contribution in [0.3, 0.4) is 0 Å². The monoisotopic (exact) mass is 190 g/mol. The highest BCUT2D eigenvalue weighted by molar-refractivity contribution is 5.47. The van der Waals surface area contributed by atoms with Crippen molar-refractivity contribution >= 4 is 19.1 Å². The second-order valence-corrected chi connectivity index (χ2v) is 2.84. The van der Waals surface area contributed by atoms with Crippen molar-refractivity contribution in [2.24, 2.45) is 9.98 Å². The maximum absolute atomic E-state index is 13.2. The number of halogens is 1. The molecule has 1 aromatic rings. The zero-order valence-corrected chi connectivity index (χ0v) is 7.83. The van der Waals surface area contributed by atoms with Gasteiger partial charge in [-0.1, -0.05) is 12.6 Å². The number of allylic oxidation sites excluding steroid dienone is 1. The van der Waals surface area contributed by atoms with Gasteiger partial charge in [-0.05, 0) is 31.1 Å². The molecule has 0 saturated carbocycles. The first-order chi connectivity index (χ1) is 6.67. The Morgan fingerprint density at radius 2 is 2.07 bits per heavy atom. The molecule has 1 aromatic carbocycles. The summed E-state index contributed by atoms with van der Waals surface area (Å²) in [6.45, 7) is 10.3. The average molecular weight is 190 g/mol. The molecule has 0 atom stereocenters. The van der Waals surface area contributed by atoms with Gasteiger partial charge in [-0.2, -0.15) is 0 Å². The highest BCUT2D eigenvalue weighted by atomic mass is 19.1. The van der Waals surface area contributed by atoms with E-state index in [4.69, 9.17) is 0 Å². The summed E-state index contributed by atoms with van der Waals surface area (Å²) in [5, 5.41) is 0. The molecule has 0 radical (unpaired) electrons. The zero-order valence-electron chi connectivity index (χ0n) is 7.83. The van der Waals surface area contributed by atoms with Crippen LogP contribution in [0.5, 0.6) is 0 Å². The van der Waals surface area contributed by atoms with E-state index in [0.717, 1.165) is 5.56 Å². The van der Waals surface area contributed by atoms with Crippen molar-refractivity contribution in [3.63, 3.8) is 0 Å². The van der Waals surface area contributed by atoms with Gasteiger partial charge in [0.25, 0.3) is 0 Å². The van der Waals surface area contributed by atoms with Gasteiger partial charge >= 0.3 is 0 Å². The van der Waals surface area contributed by atoms with Gasteiger partial charge < -0.3 is 0 Å². The number of nitrogens with zero attached hydrogens (tertiary/aromatic N) is 2. The summed E-state index contributed by atoms with van der Waals surface area (Å²) in [7, 11) is 0. The fourth-order valence-corrected chi connectivity index (χ4v) is 1.08. The minimum atomic E-state index is -0.380. The summed E-state index contributed by atoms with van der Waals surface area (Å²) in [5.41, 5.74) is 1.67. The predicted molar refractivity (Wildman–Crippen MR) is 58.0 cm³/mol. The van der Waals surface area contributed by atoms with Crippen LogP contribution in [0.1, 0.15) is 5.56 Å². The molecule has 0 N–H and O–H groups in total. The van der Waals surface area contributed by atoms with E-state index in [1.54, 1.807) is 12.1 Å². The molecular weight excluding hydrogens is 179 g/mol. The maximum Gasteiger partial charge on any atom is 0.149 e. The van der Waals surface area contributed by atoms with E-state index in [1.807, 2.05) is 0 Å². The Morgan fingerprint density at radius 3 is 2.57 bits per heavy atom. The lowest BCUT2D eigenvalue weighted by molar-refractivity contribution is 0.628. The van der Waals surface area contributed by atoms with Crippen LogP contribution in [0, 0.1) is 5.82 Å². The molecule has 2 nitrogen and oxygen atoms in total. The average Bonchev–Trinajstić information content (AvgIpc) is 2.18. The second kappa shape index (κ2) is 4.46. The van der Waals surface area contributed by atoms with E-state index in [0.29, 0.717) is 12.1 Å². The van der Waals surface area contributed by atoms with Crippen LogP contribution in [0.4, 0.5) is 10.1 Å². The van der Waals surface area contributed by atoms with Crippen molar-refractivity contribution in [2.75, 3.05) is 0 Å². The molecular formula is C11H11FN2. The van der Waals surface area contributed by atoms with Crippen LogP contribution in [0.2, 0.25) is 0 Å². The quantitative estimate of drug-likeness (QED) is 0.652. The van der Waals surface area contributed by atoms with Gasteiger partial charge in [0.1, 0.15) is 5.82 Å². The first-order valence-corrected chi connectivity index (χ1v) is 4.07. The van der Waals surface area contributed by atoms with E-state index >= 15 is 0 Å². The van der Waals surface area contributed by atoms with Gasteiger partial charge in [-0.25, -0.2) is 4.39 Å². The van der Waals surface area contributed by atoms with Crippen molar-refractivity contribution in [3.05, 3.63) is 41.9 Å². The highest BCUT2D eigenvalue weighted by Crippen LogP contribution is 2.19. The molecule has 0 aliphatic heterocycles. The molecule has 0 saturated heterocycles. The highest BCUT2D eigenvalue weighted by Gasteiger charge is 2.02. The Balaban J connectivity index is 2.91. The molecule has 0 fully saturated rings. The molecule has 0 heterocycles. The molecule has 3 heteroatoms. The third kappa shape index (κ3) is 2.36. The third-order valence-electron chi connectivity index (χ3n) is 1.81. The number of benzene rings is 1. The van der Waals surface area contributed by atoms with Gasteiger partial charge in [0, 0.05) is 12.1 Å². The topological polar surface area (TPSA) is 24.7 Å². The largest absolute Gasteiger partial charge is 0.269 e. The Hall–Kier alpha value is -1.77. The van der Waals surface area contributed by atoms with Crippen LogP contribution < -0.4 is 0 Å². The van der Waals surface area contributed by atoms with Gasteiger partial charge in [-0.3, -0.25) is 9.98 Å². The van der Waals surface area contributed by atoms with Gasteiger partial charge in [0.2, 0.25) is 0 Å². The molecule has 0 spiro atoms. The van der Waals surface area contributed by atoms with E-state index in [2.05, 4.69) is 30.0 Å². The standard InChI is InChI=1S/C11H11FN2/c1-8(13-2)6-9-4-5-11(14-3)10(12)7-9/h4-5,7H,1-3,6H2. The van der Waals surface area contributed by atoms with Crippen molar-refractivity contribution in [1.29, 1.82) is 0 Å². The molecule has 0 amide bonds. The third-order valence-corrected chi connectivity index (χ3v) is 1.81. The lowest BCUT2D eigenvalue weighted by atomic mass is 10.1. The smallest absolute Gasteiger partial charge is 0.149 e. The first kappa shape index (κ1) is 10.3. The summed E-state index contributed by atoms with van der Waals surface area (Å²) >= 11 is 0. The Kier molecular flexibility index (Phi) is 3.29. The molecule has 0 aliphatic rings. The lowest BCUT2D eigenvalue weighted by Gasteiger charge is -2.02. The van der Waals surface area contributed by atoms with Crippen LogP contribution in [0.25, 0.3) is 0 Å². The van der Waals surface area contributed by atoms with Crippen LogP contribution in [0.15, 0.2) is 40.5 Å². The van der Waals surface area contributed by atoms with Crippen molar-refractivity contribution < 1.29 is 4.39 Å². The number of rotatable bonds is 4.